The third-order valence-corrected chi connectivity index (χ3v) is 6.05. The zero-order chi connectivity index (χ0) is 21.8. The van der Waals surface area contributed by atoms with Gasteiger partial charge in [-0.3, -0.25) is 0 Å². The number of alkyl halides is 1. The van der Waals surface area contributed by atoms with Gasteiger partial charge in [-0.15, -0.1) is 0 Å². The largest absolute Gasteiger partial charge is 0.444 e. The van der Waals surface area contributed by atoms with Crippen LogP contribution in [0.15, 0.2) is 28.8 Å². The van der Waals surface area contributed by atoms with Crippen molar-refractivity contribution in [1.29, 1.82) is 0 Å². The Morgan fingerprint density at radius 3 is 2.84 bits per heavy atom. The monoisotopic (exact) mass is 426 g/mol. The summed E-state index contributed by atoms with van der Waals surface area (Å²) in [4.78, 5) is 18.3. The Balaban J connectivity index is 1.38. The molecule has 1 fully saturated rings. The Morgan fingerprint density at radius 1 is 1.26 bits per heavy atom. The van der Waals surface area contributed by atoms with Crippen molar-refractivity contribution in [3.8, 4) is 11.4 Å². The van der Waals surface area contributed by atoms with E-state index >= 15 is 4.39 Å². The number of piperidine rings is 1. The van der Waals surface area contributed by atoms with E-state index in [0.29, 0.717) is 24.7 Å². The summed E-state index contributed by atoms with van der Waals surface area (Å²) < 4.78 is 28.2. The maximum atomic E-state index is 15.0. The van der Waals surface area contributed by atoms with E-state index in [0.717, 1.165) is 30.3 Å². The van der Waals surface area contributed by atoms with Gasteiger partial charge in [0.25, 0.3) is 0 Å². The summed E-state index contributed by atoms with van der Waals surface area (Å²) >= 11 is 0. The number of aromatic nitrogens is 3. The van der Waals surface area contributed by atoms with Crippen molar-refractivity contribution < 1.29 is 18.4 Å². The highest BCUT2D eigenvalue weighted by Gasteiger charge is 2.38. The molecular formula is C23H27FN4O3. The van der Waals surface area contributed by atoms with Crippen LogP contribution < -0.4 is 0 Å². The van der Waals surface area contributed by atoms with Crippen molar-refractivity contribution in [2.75, 3.05) is 13.1 Å². The number of carbonyl (C=O) groups is 1. The van der Waals surface area contributed by atoms with E-state index in [1.165, 1.54) is 16.1 Å². The lowest BCUT2D eigenvalue weighted by atomic mass is 9.95. The average Bonchev–Trinajstić information content (AvgIpc) is 3.42. The number of ether oxygens (including phenoxy) is 1. The van der Waals surface area contributed by atoms with Gasteiger partial charge in [-0.2, -0.15) is 4.98 Å². The molecule has 2 aromatic heterocycles. The maximum Gasteiger partial charge on any atom is 0.410 e. The molecule has 31 heavy (non-hydrogen) atoms. The summed E-state index contributed by atoms with van der Waals surface area (Å²) in [5.74, 6) is 0.291. The van der Waals surface area contributed by atoms with Crippen LogP contribution in [0.1, 0.15) is 51.1 Å². The van der Waals surface area contributed by atoms with Gasteiger partial charge in [0.05, 0.1) is 18.0 Å². The van der Waals surface area contributed by atoms with Crippen LogP contribution in [0.5, 0.6) is 0 Å². The Labute approximate surface area is 180 Å². The summed E-state index contributed by atoms with van der Waals surface area (Å²) in [5, 5.41) is 5.33. The molecule has 3 aromatic rings. The number of nitrogens with zero attached hydrogens (tertiary/aromatic N) is 4. The second-order valence-corrected chi connectivity index (χ2v) is 9.39. The summed E-state index contributed by atoms with van der Waals surface area (Å²) in [6.07, 6.45) is 0.694. The number of fused-ring (bicyclic) bond motifs is 3. The molecule has 4 heterocycles. The normalized spacial score (nSPS) is 21.5. The first kappa shape index (κ1) is 20.0. The first-order valence-electron chi connectivity index (χ1n) is 10.9. The lowest BCUT2D eigenvalue weighted by Gasteiger charge is -2.34. The van der Waals surface area contributed by atoms with E-state index < -0.39 is 23.8 Å². The first-order chi connectivity index (χ1) is 14.8. The van der Waals surface area contributed by atoms with E-state index in [2.05, 4.69) is 26.8 Å². The first-order valence-corrected chi connectivity index (χ1v) is 10.9. The van der Waals surface area contributed by atoms with Crippen LogP contribution in [0.4, 0.5) is 9.18 Å². The maximum absolute atomic E-state index is 15.0. The zero-order valence-electron chi connectivity index (χ0n) is 18.1. The minimum absolute atomic E-state index is 0.0398. The van der Waals surface area contributed by atoms with E-state index in [1.54, 1.807) is 20.8 Å². The number of rotatable bonds is 2. The molecule has 0 spiro atoms. The molecule has 0 unspecified atom stereocenters. The van der Waals surface area contributed by atoms with Crippen LogP contribution in [0, 0.1) is 0 Å². The van der Waals surface area contributed by atoms with Crippen molar-refractivity contribution in [2.45, 2.75) is 64.3 Å². The molecule has 1 saturated heterocycles. The minimum Gasteiger partial charge on any atom is -0.444 e. The van der Waals surface area contributed by atoms with Crippen LogP contribution >= 0.6 is 0 Å². The number of carbonyl (C=O) groups excluding carboxylic acids is 1. The Kier molecular flexibility index (Phi) is 4.75. The second kappa shape index (κ2) is 7.35. The molecule has 2 atom stereocenters. The zero-order valence-corrected chi connectivity index (χ0v) is 18.1. The molecule has 0 saturated carbocycles. The number of likely N-dealkylation sites (tertiary alicyclic amines) is 1. The second-order valence-electron chi connectivity index (χ2n) is 9.39. The Morgan fingerprint density at radius 2 is 2.06 bits per heavy atom. The fourth-order valence-corrected chi connectivity index (χ4v) is 4.69. The van der Waals surface area contributed by atoms with Gasteiger partial charge >= 0.3 is 6.09 Å². The highest BCUT2D eigenvalue weighted by molar-refractivity contribution is 5.96. The lowest BCUT2D eigenvalue weighted by Crippen LogP contribution is -2.46. The number of halogens is 1. The van der Waals surface area contributed by atoms with Crippen LogP contribution in [-0.2, 0) is 17.7 Å². The molecule has 2 aliphatic heterocycles. The molecule has 0 N–H and O–H groups in total. The van der Waals surface area contributed by atoms with Crippen molar-refractivity contribution in [1.82, 2.24) is 19.6 Å². The summed E-state index contributed by atoms with van der Waals surface area (Å²) in [6, 6.07) is 8.22. The minimum atomic E-state index is -1.29. The number of aryl methyl sites for hydroxylation is 1. The van der Waals surface area contributed by atoms with E-state index in [4.69, 9.17) is 9.26 Å². The predicted molar refractivity (Wildman–Crippen MR) is 114 cm³/mol. The SMILES string of the molecule is CC(C)(C)OC(=O)N1CC[C@H](c2nc(-c3c4n(c5ccccc35)CCC4)no2)[C@H](F)C1. The van der Waals surface area contributed by atoms with Gasteiger partial charge in [0.1, 0.15) is 11.8 Å². The summed E-state index contributed by atoms with van der Waals surface area (Å²) in [5.41, 5.74) is 2.77. The number of amides is 1. The van der Waals surface area contributed by atoms with Crippen molar-refractivity contribution >= 4 is 17.0 Å². The Bertz CT molecular complexity index is 1130. The molecular weight excluding hydrogens is 399 g/mol. The summed E-state index contributed by atoms with van der Waals surface area (Å²) in [7, 11) is 0. The number of para-hydroxylation sites is 1. The van der Waals surface area contributed by atoms with Gasteiger partial charge < -0.3 is 18.7 Å². The van der Waals surface area contributed by atoms with Gasteiger partial charge in [-0.05, 0) is 46.1 Å². The number of benzene rings is 1. The Hall–Kier alpha value is -2.90. The molecule has 0 radical (unpaired) electrons. The van der Waals surface area contributed by atoms with Crippen LogP contribution in [0.3, 0.4) is 0 Å². The average molecular weight is 426 g/mol. The molecule has 8 heteroatoms. The third-order valence-electron chi connectivity index (χ3n) is 6.05. The molecule has 164 valence electrons. The van der Waals surface area contributed by atoms with Crippen LogP contribution in [0.2, 0.25) is 0 Å². The molecule has 7 nitrogen and oxygen atoms in total. The third kappa shape index (κ3) is 3.58. The fourth-order valence-electron chi connectivity index (χ4n) is 4.69. The van der Waals surface area contributed by atoms with Gasteiger partial charge in [0, 0.05) is 29.7 Å². The van der Waals surface area contributed by atoms with E-state index in [1.807, 2.05) is 12.1 Å². The van der Waals surface area contributed by atoms with Crippen LogP contribution in [0.25, 0.3) is 22.3 Å². The molecule has 0 bridgehead atoms. The summed E-state index contributed by atoms with van der Waals surface area (Å²) in [6.45, 7) is 6.73. The molecule has 1 aromatic carbocycles. The molecule has 1 amide bonds. The molecule has 5 rings (SSSR count). The van der Waals surface area contributed by atoms with Gasteiger partial charge in [-0.1, -0.05) is 23.4 Å². The van der Waals surface area contributed by atoms with Gasteiger partial charge in [0.2, 0.25) is 11.7 Å². The smallest absolute Gasteiger partial charge is 0.410 e. The quantitative estimate of drug-likeness (QED) is 0.594. The van der Waals surface area contributed by atoms with Crippen molar-refractivity contribution in [2.24, 2.45) is 0 Å². The highest BCUT2D eigenvalue weighted by Crippen LogP contribution is 2.38. The number of hydrogen-bond donors (Lipinski definition) is 0. The van der Waals surface area contributed by atoms with Gasteiger partial charge in [-0.25, -0.2) is 9.18 Å². The van der Waals surface area contributed by atoms with Crippen molar-refractivity contribution in [3.05, 3.63) is 35.9 Å². The fraction of sp³-hybridized carbons (Fsp3) is 0.522. The van der Waals surface area contributed by atoms with Crippen LogP contribution in [-0.4, -0.2) is 50.6 Å². The van der Waals surface area contributed by atoms with E-state index in [-0.39, 0.29) is 6.54 Å². The molecule has 2 aliphatic rings. The number of hydrogen-bond acceptors (Lipinski definition) is 5. The van der Waals surface area contributed by atoms with Gasteiger partial charge in [0.15, 0.2) is 0 Å². The highest BCUT2D eigenvalue weighted by atomic mass is 19.1. The molecule has 0 aliphatic carbocycles. The predicted octanol–water partition coefficient (Wildman–Crippen LogP) is 4.70. The van der Waals surface area contributed by atoms with Crippen molar-refractivity contribution in [3.63, 3.8) is 0 Å². The van der Waals surface area contributed by atoms with E-state index in [9.17, 15) is 4.79 Å². The standard InChI is InChI=1S/C23H27FN4O3/c1-23(2,3)30-22(29)27-12-10-14(16(24)13-27)21-25-20(26-31-21)19-15-7-4-5-8-17(15)28-11-6-9-18(19)28/h4-5,7-8,14,16H,6,9-13H2,1-3H3/t14-,16+/m0/s1. The lowest BCUT2D eigenvalue weighted by molar-refractivity contribution is 0.00942. The topological polar surface area (TPSA) is 73.4 Å².